The second kappa shape index (κ2) is 7.96. The molecule has 0 saturated carbocycles. The average Bonchev–Trinajstić information content (AvgIpc) is 2.50. The molecule has 0 aliphatic rings. The number of unbranched alkanes of at least 4 members (excludes halogenated alkanes) is 1. The Kier molecular flexibility index (Phi) is 6.60. The summed E-state index contributed by atoms with van der Waals surface area (Å²) in [4.78, 5) is 11.4. The molecule has 8 heteroatoms. The third kappa shape index (κ3) is 4.69. The van der Waals surface area contributed by atoms with Crippen LogP contribution in [0.2, 0.25) is 0 Å². The van der Waals surface area contributed by atoms with Crippen LogP contribution in [0.15, 0.2) is 23.1 Å². The first-order valence-corrected chi connectivity index (χ1v) is 7.90. The van der Waals surface area contributed by atoms with E-state index in [1.165, 1.54) is 32.4 Å². The molecule has 0 aliphatic carbocycles. The Morgan fingerprint density at radius 2 is 2.00 bits per heavy atom. The Hall–Kier alpha value is -1.64. The lowest BCUT2D eigenvalue weighted by Crippen LogP contribution is -2.25. The maximum absolute atomic E-state index is 12.2. The molecule has 1 rings (SSSR count). The molecular formula is C13H20N2O5S. The van der Waals surface area contributed by atoms with Crippen LogP contribution in [0.5, 0.6) is 5.75 Å². The summed E-state index contributed by atoms with van der Waals surface area (Å²) < 4.78 is 36.5. The molecule has 0 atom stereocenters. The van der Waals surface area contributed by atoms with Gasteiger partial charge in [0.05, 0.1) is 19.8 Å². The van der Waals surface area contributed by atoms with Crippen molar-refractivity contribution in [3.63, 3.8) is 0 Å². The Balaban J connectivity index is 2.98. The first-order valence-electron chi connectivity index (χ1n) is 6.42. The molecule has 0 aromatic heterocycles. The lowest BCUT2D eigenvalue weighted by atomic mass is 10.2. The van der Waals surface area contributed by atoms with Gasteiger partial charge in [-0.1, -0.05) is 0 Å². The smallest absolute Gasteiger partial charge is 0.337 e. The lowest BCUT2D eigenvalue weighted by Gasteiger charge is -2.11. The van der Waals surface area contributed by atoms with Crippen LogP contribution in [-0.2, 0) is 14.8 Å². The molecule has 0 bridgehead atoms. The molecule has 0 amide bonds. The predicted octanol–water partition coefficient (Wildman–Crippen LogP) is 0.499. The van der Waals surface area contributed by atoms with Gasteiger partial charge in [0.2, 0.25) is 10.0 Å². The zero-order chi connectivity index (χ0) is 15.9. The summed E-state index contributed by atoms with van der Waals surface area (Å²) in [5.41, 5.74) is 5.57. The number of ether oxygens (including phenoxy) is 2. The molecule has 7 nitrogen and oxygen atoms in total. The van der Waals surface area contributed by atoms with Crippen LogP contribution >= 0.6 is 0 Å². The molecule has 0 radical (unpaired) electrons. The number of hydrogen-bond acceptors (Lipinski definition) is 6. The minimum absolute atomic E-state index is 0.0228. The molecule has 1 aromatic rings. The highest BCUT2D eigenvalue weighted by atomic mass is 32.2. The highest BCUT2D eigenvalue weighted by molar-refractivity contribution is 7.89. The van der Waals surface area contributed by atoms with Crippen LogP contribution < -0.4 is 15.2 Å². The Bertz CT molecular complexity index is 586. The summed E-state index contributed by atoms with van der Waals surface area (Å²) in [5, 5.41) is 0. The fourth-order valence-electron chi connectivity index (χ4n) is 1.69. The van der Waals surface area contributed by atoms with Gasteiger partial charge in [-0.3, -0.25) is 0 Å². The zero-order valence-electron chi connectivity index (χ0n) is 12.1. The summed E-state index contributed by atoms with van der Waals surface area (Å²) >= 11 is 0. The standard InChI is InChI=1S/C13H20N2O5S/c1-19-11-9-10(13(16)20-2)5-6-12(11)21(17,18)15-8-4-3-7-14/h5-6,9,15H,3-4,7-8,14H2,1-2H3. The molecule has 21 heavy (non-hydrogen) atoms. The van der Waals surface area contributed by atoms with Gasteiger partial charge in [0, 0.05) is 6.54 Å². The Morgan fingerprint density at radius 3 is 2.57 bits per heavy atom. The SMILES string of the molecule is COC(=O)c1ccc(S(=O)(=O)NCCCCN)c(OC)c1. The molecule has 0 heterocycles. The normalized spacial score (nSPS) is 11.2. The predicted molar refractivity (Wildman–Crippen MR) is 77.8 cm³/mol. The van der Waals surface area contributed by atoms with E-state index in [2.05, 4.69) is 9.46 Å². The number of rotatable bonds is 8. The fourth-order valence-corrected chi connectivity index (χ4v) is 2.91. The lowest BCUT2D eigenvalue weighted by molar-refractivity contribution is 0.0600. The number of hydrogen-bond donors (Lipinski definition) is 2. The van der Waals surface area contributed by atoms with Crippen LogP contribution in [0.25, 0.3) is 0 Å². The van der Waals surface area contributed by atoms with E-state index in [0.29, 0.717) is 19.5 Å². The minimum Gasteiger partial charge on any atom is -0.495 e. The maximum Gasteiger partial charge on any atom is 0.337 e. The van der Waals surface area contributed by atoms with E-state index in [0.717, 1.165) is 6.42 Å². The second-order valence-corrected chi connectivity index (χ2v) is 5.99. The first-order chi connectivity index (χ1) is 9.96. The molecule has 0 fully saturated rings. The molecule has 0 unspecified atom stereocenters. The summed E-state index contributed by atoms with van der Waals surface area (Å²) in [6.45, 7) is 0.806. The van der Waals surface area contributed by atoms with Gasteiger partial charge in [-0.05, 0) is 37.6 Å². The van der Waals surface area contributed by atoms with Gasteiger partial charge >= 0.3 is 5.97 Å². The van der Waals surface area contributed by atoms with Crippen LogP contribution in [0.3, 0.4) is 0 Å². The van der Waals surface area contributed by atoms with Gasteiger partial charge in [0.25, 0.3) is 0 Å². The highest BCUT2D eigenvalue weighted by Gasteiger charge is 2.20. The summed E-state index contributed by atoms with van der Waals surface area (Å²) in [5.74, 6) is -0.475. The molecule has 0 spiro atoms. The molecule has 118 valence electrons. The fraction of sp³-hybridized carbons (Fsp3) is 0.462. The largest absolute Gasteiger partial charge is 0.495 e. The monoisotopic (exact) mass is 316 g/mol. The van der Waals surface area contributed by atoms with Gasteiger partial charge in [-0.2, -0.15) is 0 Å². The average molecular weight is 316 g/mol. The number of nitrogens with two attached hydrogens (primary N) is 1. The van der Waals surface area contributed by atoms with Crippen LogP contribution in [-0.4, -0.2) is 41.7 Å². The maximum atomic E-state index is 12.2. The molecule has 0 aliphatic heterocycles. The van der Waals surface area contributed by atoms with Crippen molar-refractivity contribution in [1.82, 2.24) is 4.72 Å². The van der Waals surface area contributed by atoms with Gasteiger partial charge in [0.1, 0.15) is 10.6 Å². The van der Waals surface area contributed by atoms with E-state index >= 15 is 0 Å². The number of methoxy groups -OCH3 is 2. The number of nitrogens with one attached hydrogen (secondary N) is 1. The summed E-state index contributed by atoms with van der Waals surface area (Å²) in [7, 11) is -1.11. The topological polar surface area (TPSA) is 108 Å². The van der Waals surface area contributed by atoms with Crippen LogP contribution in [0.4, 0.5) is 0 Å². The molecular weight excluding hydrogens is 296 g/mol. The first kappa shape index (κ1) is 17.4. The zero-order valence-corrected chi connectivity index (χ0v) is 12.9. The second-order valence-electron chi connectivity index (χ2n) is 4.25. The van der Waals surface area contributed by atoms with E-state index in [1.54, 1.807) is 0 Å². The van der Waals surface area contributed by atoms with Gasteiger partial charge in [0.15, 0.2) is 0 Å². The van der Waals surface area contributed by atoms with E-state index in [-0.39, 0.29) is 16.2 Å². The van der Waals surface area contributed by atoms with Crippen molar-refractivity contribution < 1.29 is 22.7 Å². The van der Waals surface area contributed by atoms with E-state index < -0.39 is 16.0 Å². The molecule has 1 aromatic carbocycles. The van der Waals surface area contributed by atoms with Crippen molar-refractivity contribution in [2.45, 2.75) is 17.7 Å². The molecule has 3 N–H and O–H groups in total. The third-order valence-corrected chi connectivity index (χ3v) is 4.30. The number of esters is 1. The summed E-state index contributed by atoms with van der Waals surface area (Å²) in [6, 6.07) is 4.03. The van der Waals surface area contributed by atoms with E-state index in [4.69, 9.17) is 10.5 Å². The van der Waals surface area contributed by atoms with Crippen molar-refractivity contribution in [3.8, 4) is 5.75 Å². The van der Waals surface area contributed by atoms with Crippen molar-refractivity contribution >= 4 is 16.0 Å². The highest BCUT2D eigenvalue weighted by Crippen LogP contribution is 2.25. The van der Waals surface area contributed by atoms with Crippen molar-refractivity contribution in [3.05, 3.63) is 23.8 Å². The van der Waals surface area contributed by atoms with Gasteiger partial charge in [-0.25, -0.2) is 17.9 Å². The van der Waals surface area contributed by atoms with Crippen molar-refractivity contribution in [2.75, 3.05) is 27.3 Å². The summed E-state index contributed by atoms with van der Waals surface area (Å²) in [6.07, 6.45) is 1.39. The van der Waals surface area contributed by atoms with Crippen LogP contribution in [0, 0.1) is 0 Å². The number of carbonyl (C=O) groups is 1. The van der Waals surface area contributed by atoms with Crippen molar-refractivity contribution in [1.29, 1.82) is 0 Å². The Morgan fingerprint density at radius 1 is 1.29 bits per heavy atom. The molecule has 0 saturated heterocycles. The quantitative estimate of drug-likeness (QED) is 0.534. The number of benzene rings is 1. The van der Waals surface area contributed by atoms with Gasteiger partial charge < -0.3 is 15.2 Å². The van der Waals surface area contributed by atoms with Gasteiger partial charge in [-0.15, -0.1) is 0 Å². The van der Waals surface area contributed by atoms with E-state index in [9.17, 15) is 13.2 Å². The van der Waals surface area contributed by atoms with Crippen LogP contribution in [0.1, 0.15) is 23.2 Å². The van der Waals surface area contributed by atoms with E-state index in [1.807, 2.05) is 0 Å². The minimum atomic E-state index is -3.70. The Labute approximate surface area is 124 Å². The number of sulfonamides is 1. The third-order valence-electron chi connectivity index (χ3n) is 2.80. The number of carbonyl (C=O) groups excluding carboxylic acids is 1. The van der Waals surface area contributed by atoms with Crippen molar-refractivity contribution in [2.24, 2.45) is 5.73 Å².